The minimum absolute atomic E-state index is 0.0757. The number of rotatable bonds is 3. The highest BCUT2D eigenvalue weighted by molar-refractivity contribution is 6.11. The summed E-state index contributed by atoms with van der Waals surface area (Å²) < 4.78 is 1.74. The Bertz CT molecular complexity index is 1170. The van der Waals surface area contributed by atoms with Crippen molar-refractivity contribution in [1.82, 2.24) is 19.7 Å². The summed E-state index contributed by atoms with van der Waals surface area (Å²) in [5.74, 6) is 0.188. The largest absolute Gasteiger partial charge is 0.368 e. The van der Waals surface area contributed by atoms with Gasteiger partial charge in [-0.05, 0) is 25.0 Å². The number of aromatic nitrogens is 4. The highest BCUT2D eigenvalue weighted by Gasteiger charge is 2.54. The number of carbonyl (C=O) groups excluding carboxylic acids is 2. The molecule has 9 heteroatoms. The quantitative estimate of drug-likeness (QED) is 0.702. The van der Waals surface area contributed by atoms with Crippen LogP contribution in [0.1, 0.15) is 17.7 Å². The van der Waals surface area contributed by atoms with E-state index in [1.54, 1.807) is 4.68 Å². The average molecular weight is 391 g/mol. The van der Waals surface area contributed by atoms with Gasteiger partial charge in [-0.25, -0.2) is 9.97 Å². The molecule has 1 fully saturated rings. The molecular formula is C20H21N7O2. The van der Waals surface area contributed by atoms with Crippen LogP contribution in [0.3, 0.4) is 0 Å². The summed E-state index contributed by atoms with van der Waals surface area (Å²) in [4.78, 5) is 37.6. The topological polar surface area (TPSA) is 110 Å². The SMILES string of the molecule is Cc1nn(C)c2ncnc(N3CCC4(C3)C(=O)N(CC(N)=O)c3ccccc34)c12. The van der Waals surface area contributed by atoms with Gasteiger partial charge in [-0.3, -0.25) is 14.3 Å². The third-order valence-corrected chi connectivity index (χ3v) is 6.02. The monoisotopic (exact) mass is 391 g/mol. The second-order valence-electron chi connectivity index (χ2n) is 7.73. The molecule has 29 heavy (non-hydrogen) atoms. The average Bonchev–Trinajstić information content (AvgIpc) is 3.34. The number of primary amides is 1. The van der Waals surface area contributed by atoms with Crippen molar-refractivity contribution in [2.45, 2.75) is 18.8 Å². The molecule has 148 valence electrons. The van der Waals surface area contributed by atoms with Crippen molar-refractivity contribution >= 4 is 34.4 Å². The lowest BCUT2D eigenvalue weighted by atomic mass is 9.81. The molecule has 0 radical (unpaired) electrons. The smallest absolute Gasteiger partial charge is 0.240 e. The predicted molar refractivity (Wildman–Crippen MR) is 108 cm³/mol. The molecule has 1 atom stereocenters. The number of carbonyl (C=O) groups is 2. The van der Waals surface area contributed by atoms with Crippen LogP contribution in [-0.4, -0.2) is 51.2 Å². The summed E-state index contributed by atoms with van der Waals surface area (Å²) in [5, 5.41) is 5.37. The molecule has 2 N–H and O–H groups in total. The Labute approximate surface area is 167 Å². The Hall–Kier alpha value is -3.49. The number of aryl methyl sites for hydroxylation is 2. The number of anilines is 2. The second kappa shape index (κ2) is 6.00. The van der Waals surface area contributed by atoms with Gasteiger partial charge in [0.2, 0.25) is 11.8 Å². The highest BCUT2D eigenvalue weighted by Crippen LogP contribution is 2.48. The van der Waals surface area contributed by atoms with E-state index in [2.05, 4.69) is 20.0 Å². The number of nitrogens with zero attached hydrogens (tertiary/aromatic N) is 6. The van der Waals surface area contributed by atoms with E-state index in [4.69, 9.17) is 5.73 Å². The van der Waals surface area contributed by atoms with Gasteiger partial charge in [0.1, 0.15) is 18.7 Å². The zero-order valence-corrected chi connectivity index (χ0v) is 16.3. The van der Waals surface area contributed by atoms with Crippen molar-refractivity contribution in [1.29, 1.82) is 0 Å². The number of benzene rings is 1. The molecule has 2 aliphatic rings. The van der Waals surface area contributed by atoms with Crippen molar-refractivity contribution in [2.24, 2.45) is 12.8 Å². The van der Waals surface area contributed by atoms with E-state index in [9.17, 15) is 9.59 Å². The third kappa shape index (κ3) is 2.36. The van der Waals surface area contributed by atoms with Crippen molar-refractivity contribution < 1.29 is 9.59 Å². The first-order valence-corrected chi connectivity index (χ1v) is 9.51. The summed E-state index contributed by atoms with van der Waals surface area (Å²) in [7, 11) is 1.86. The van der Waals surface area contributed by atoms with Crippen LogP contribution in [-0.2, 0) is 22.1 Å². The van der Waals surface area contributed by atoms with Crippen molar-refractivity contribution in [2.75, 3.05) is 29.4 Å². The molecular weight excluding hydrogens is 370 g/mol. The van der Waals surface area contributed by atoms with Gasteiger partial charge in [0.15, 0.2) is 5.65 Å². The molecule has 0 saturated carbocycles. The number of fused-ring (bicyclic) bond motifs is 3. The van der Waals surface area contributed by atoms with Gasteiger partial charge in [-0.1, -0.05) is 18.2 Å². The molecule has 0 aliphatic carbocycles. The van der Waals surface area contributed by atoms with E-state index in [-0.39, 0.29) is 12.5 Å². The van der Waals surface area contributed by atoms with Gasteiger partial charge in [0, 0.05) is 25.8 Å². The van der Waals surface area contributed by atoms with Crippen molar-refractivity contribution in [3.63, 3.8) is 0 Å². The first kappa shape index (κ1) is 17.6. The fourth-order valence-electron chi connectivity index (χ4n) is 4.79. The number of nitrogens with two attached hydrogens (primary N) is 1. The minimum atomic E-state index is -0.709. The van der Waals surface area contributed by atoms with Gasteiger partial charge in [0.25, 0.3) is 0 Å². The molecule has 1 saturated heterocycles. The summed E-state index contributed by atoms with van der Waals surface area (Å²) >= 11 is 0. The van der Waals surface area contributed by atoms with Gasteiger partial charge < -0.3 is 15.5 Å². The van der Waals surface area contributed by atoms with Crippen LogP contribution in [0, 0.1) is 6.92 Å². The van der Waals surface area contributed by atoms with Crippen LogP contribution < -0.4 is 15.5 Å². The molecule has 1 unspecified atom stereocenters. The molecule has 5 rings (SSSR count). The molecule has 1 aromatic carbocycles. The summed E-state index contributed by atoms with van der Waals surface area (Å²) in [6.07, 6.45) is 2.18. The van der Waals surface area contributed by atoms with E-state index in [1.165, 1.54) is 11.2 Å². The van der Waals surface area contributed by atoms with Crippen LogP contribution in [0.15, 0.2) is 30.6 Å². The highest BCUT2D eigenvalue weighted by atomic mass is 16.2. The minimum Gasteiger partial charge on any atom is -0.368 e. The van der Waals surface area contributed by atoms with Gasteiger partial charge in [-0.15, -0.1) is 0 Å². The molecule has 2 aliphatic heterocycles. The van der Waals surface area contributed by atoms with E-state index in [1.807, 2.05) is 38.2 Å². The van der Waals surface area contributed by atoms with Crippen LogP contribution >= 0.6 is 0 Å². The van der Waals surface area contributed by atoms with E-state index < -0.39 is 11.3 Å². The molecule has 4 heterocycles. The Morgan fingerprint density at radius 3 is 2.86 bits per heavy atom. The zero-order chi connectivity index (χ0) is 20.3. The first-order chi connectivity index (χ1) is 13.9. The van der Waals surface area contributed by atoms with E-state index >= 15 is 0 Å². The Morgan fingerprint density at radius 1 is 1.28 bits per heavy atom. The van der Waals surface area contributed by atoms with Crippen LogP contribution in [0.25, 0.3) is 11.0 Å². The maximum absolute atomic E-state index is 13.5. The van der Waals surface area contributed by atoms with E-state index in [0.717, 1.165) is 33.8 Å². The maximum Gasteiger partial charge on any atom is 0.240 e. The Kier molecular flexibility index (Phi) is 3.64. The van der Waals surface area contributed by atoms with Gasteiger partial charge in [0.05, 0.1) is 16.5 Å². The summed E-state index contributed by atoms with van der Waals surface area (Å²) in [6.45, 7) is 2.98. The molecule has 2 aromatic heterocycles. The third-order valence-electron chi connectivity index (χ3n) is 6.02. The Balaban J connectivity index is 1.59. The molecule has 9 nitrogen and oxygen atoms in total. The lowest BCUT2D eigenvalue weighted by Crippen LogP contribution is -2.45. The van der Waals surface area contributed by atoms with Crippen molar-refractivity contribution in [3.05, 3.63) is 41.9 Å². The van der Waals surface area contributed by atoms with Gasteiger partial charge >= 0.3 is 0 Å². The molecule has 2 amide bonds. The lowest BCUT2D eigenvalue weighted by Gasteiger charge is -2.25. The zero-order valence-electron chi connectivity index (χ0n) is 16.3. The molecule has 1 spiro atoms. The normalized spacial score (nSPS) is 20.8. The summed E-state index contributed by atoms with van der Waals surface area (Å²) in [5.41, 5.74) is 8.03. The van der Waals surface area contributed by atoms with E-state index in [0.29, 0.717) is 19.5 Å². The number of para-hydroxylation sites is 1. The molecule has 3 aromatic rings. The van der Waals surface area contributed by atoms with Crippen molar-refractivity contribution in [3.8, 4) is 0 Å². The number of hydrogen-bond donors (Lipinski definition) is 1. The standard InChI is InChI=1S/C20H21N7O2/c1-12-16-17(25(2)24-12)22-11-23-18(16)26-8-7-20(10-26)13-5-3-4-6-14(13)27(19(20)29)9-15(21)28/h3-6,11H,7-10H2,1-2H3,(H2,21,28). The van der Waals surface area contributed by atoms with Crippen LogP contribution in [0.5, 0.6) is 0 Å². The fraction of sp³-hybridized carbons (Fsp3) is 0.350. The first-order valence-electron chi connectivity index (χ1n) is 9.51. The fourth-order valence-corrected chi connectivity index (χ4v) is 4.79. The number of hydrogen-bond acceptors (Lipinski definition) is 6. The maximum atomic E-state index is 13.5. The predicted octanol–water partition coefficient (Wildman–Crippen LogP) is 0.652. The number of amides is 2. The summed E-state index contributed by atoms with van der Waals surface area (Å²) in [6, 6.07) is 7.65. The second-order valence-corrected chi connectivity index (χ2v) is 7.73. The van der Waals surface area contributed by atoms with Gasteiger partial charge in [-0.2, -0.15) is 5.10 Å². The Morgan fingerprint density at radius 2 is 2.07 bits per heavy atom. The van der Waals surface area contributed by atoms with Crippen LogP contribution in [0.4, 0.5) is 11.5 Å². The van der Waals surface area contributed by atoms with Crippen LogP contribution in [0.2, 0.25) is 0 Å². The lowest BCUT2D eigenvalue weighted by molar-refractivity contribution is -0.124. The molecule has 0 bridgehead atoms.